The topological polar surface area (TPSA) is 35.4 Å². The normalized spacial score (nSPS) is 16.1. The van der Waals surface area contributed by atoms with Crippen LogP contribution in [-0.2, 0) is 11.4 Å². The molecule has 2 nitrogen and oxygen atoms in total. The van der Waals surface area contributed by atoms with E-state index in [1.165, 1.54) is 0 Å². The monoisotopic (exact) mass is 319 g/mol. The van der Waals surface area contributed by atoms with Crippen LogP contribution in [0.2, 0.25) is 0 Å². The highest BCUT2D eigenvalue weighted by atomic mass is 79.9. The molecule has 0 spiro atoms. The average Bonchev–Trinajstić information content (AvgIpc) is 2.24. The summed E-state index contributed by atoms with van der Waals surface area (Å²) in [7, 11) is 0. The minimum Gasteiger partial charge on any atom is -0.591 e. The summed E-state index contributed by atoms with van der Waals surface area (Å²) < 4.78 is 29.5. The maximum absolute atomic E-state index is 13.8. The maximum atomic E-state index is 13.8. The molecule has 1 aromatic carbocycles. The molecule has 0 bridgehead atoms. The van der Waals surface area contributed by atoms with Crippen LogP contribution in [0.4, 0.5) is 4.39 Å². The molecular weight excluding hydrogens is 305 g/mol. The fraction of sp³-hybridized carbons (Fsp3) is 0.417. The van der Waals surface area contributed by atoms with Crippen molar-refractivity contribution in [1.82, 2.24) is 0 Å². The van der Waals surface area contributed by atoms with Crippen molar-refractivity contribution in [2.45, 2.75) is 31.7 Å². The van der Waals surface area contributed by atoms with E-state index in [2.05, 4.69) is 20.3 Å². The first-order chi connectivity index (χ1) is 7.80. The first-order valence-electron chi connectivity index (χ1n) is 5.16. The Balaban J connectivity index is 2.73. The van der Waals surface area contributed by atoms with Gasteiger partial charge in [0.1, 0.15) is 16.1 Å². The molecular formula is C12H15BrFNOS. The van der Waals surface area contributed by atoms with Gasteiger partial charge in [0.25, 0.3) is 0 Å². The van der Waals surface area contributed by atoms with Crippen LogP contribution in [0.5, 0.6) is 0 Å². The molecule has 0 aromatic heterocycles. The molecule has 0 radical (unpaired) electrons. The molecule has 5 heteroatoms. The summed E-state index contributed by atoms with van der Waals surface area (Å²) in [5.41, 5.74) is 0.494. The molecule has 1 aromatic rings. The fourth-order valence-corrected chi connectivity index (χ4v) is 1.98. The average molecular weight is 320 g/mol. The fourth-order valence-electron chi connectivity index (χ4n) is 1.03. The third-order valence-corrected chi connectivity index (χ3v) is 3.83. The van der Waals surface area contributed by atoms with Crippen LogP contribution in [0.25, 0.3) is 0 Å². The Labute approximate surface area is 113 Å². The summed E-state index contributed by atoms with van der Waals surface area (Å²) in [5.74, 6) is 0. The molecule has 0 aliphatic heterocycles. The van der Waals surface area contributed by atoms with Gasteiger partial charge in [-0.2, -0.15) is 0 Å². The predicted molar refractivity (Wildman–Crippen MR) is 74.4 cm³/mol. The Morgan fingerprint density at radius 2 is 2.12 bits per heavy atom. The van der Waals surface area contributed by atoms with E-state index in [-0.39, 0.29) is 0 Å². The van der Waals surface area contributed by atoms with Crippen molar-refractivity contribution in [3.05, 3.63) is 34.3 Å². The van der Waals surface area contributed by atoms with Gasteiger partial charge in [0, 0.05) is 4.47 Å². The number of benzene rings is 1. The molecule has 1 rings (SSSR count). The lowest BCUT2D eigenvalue weighted by molar-refractivity contribution is 0.446. The summed E-state index contributed by atoms with van der Waals surface area (Å²) in [6.07, 6.45) is -0.234. The third kappa shape index (κ3) is 4.77. The molecule has 0 heterocycles. The highest BCUT2D eigenvalue weighted by molar-refractivity contribution is 9.10. The zero-order chi connectivity index (χ0) is 13.1. The first-order valence-corrected chi connectivity index (χ1v) is 7.06. The van der Waals surface area contributed by atoms with Crippen molar-refractivity contribution in [3.8, 4) is 0 Å². The van der Waals surface area contributed by atoms with Crippen molar-refractivity contribution in [3.63, 3.8) is 0 Å². The molecule has 0 saturated carbocycles. The standard InChI is InChI=1S/C12H15BrFNOS/c1-12(2,3)17(16)15-8-11(14)9-5-4-6-10(13)7-9/h4-8,11H,1-3H3/b15-8+. The summed E-state index contributed by atoms with van der Waals surface area (Å²) >= 11 is 1.85. The van der Waals surface area contributed by atoms with Gasteiger partial charge >= 0.3 is 0 Å². The van der Waals surface area contributed by atoms with E-state index in [0.29, 0.717) is 5.56 Å². The number of alkyl halides is 1. The van der Waals surface area contributed by atoms with Gasteiger partial charge in [0.15, 0.2) is 6.17 Å². The quantitative estimate of drug-likeness (QED) is 0.612. The molecule has 0 aliphatic rings. The Hall–Kier alpha value is -0.390. The molecule has 0 N–H and O–H groups in total. The Morgan fingerprint density at radius 1 is 1.47 bits per heavy atom. The third-order valence-electron chi connectivity index (χ3n) is 1.98. The van der Waals surface area contributed by atoms with Crippen molar-refractivity contribution < 1.29 is 8.94 Å². The van der Waals surface area contributed by atoms with E-state index in [1.54, 1.807) is 39.0 Å². The molecule has 17 heavy (non-hydrogen) atoms. The van der Waals surface area contributed by atoms with Crippen LogP contribution in [-0.4, -0.2) is 15.5 Å². The smallest absolute Gasteiger partial charge is 0.165 e. The van der Waals surface area contributed by atoms with E-state index < -0.39 is 22.3 Å². The molecule has 0 saturated heterocycles. The largest absolute Gasteiger partial charge is 0.591 e. The number of hydrogen-bond acceptors (Lipinski definition) is 2. The number of nitrogens with zero attached hydrogens (tertiary/aromatic N) is 1. The Morgan fingerprint density at radius 3 is 2.65 bits per heavy atom. The molecule has 0 fully saturated rings. The summed E-state index contributed by atoms with van der Waals surface area (Å²) in [6.45, 7) is 5.40. The molecule has 2 atom stereocenters. The van der Waals surface area contributed by atoms with E-state index in [9.17, 15) is 8.94 Å². The maximum Gasteiger partial charge on any atom is 0.165 e. The van der Waals surface area contributed by atoms with Gasteiger partial charge in [-0.3, -0.25) is 0 Å². The number of halogens is 2. The van der Waals surface area contributed by atoms with Crippen LogP contribution in [0, 0.1) is 0 Å². The number of hydrogen-bond donors (Lipinski definition) is 0. The van der Waals surface area contributed by atoms with Crippen LogP contribution >= 0.6 is 15.9 Å². The second-order valence-corrected chi connectivity index (χ2v) is 7.42. The van der Waals surface area contributed by atoms with Crippen LogP contribution in [0.3, 0.4) is 0 Å². The lowest BCUT2D eigenvalue weighted by atomic mass is 10.1. The van der Waals surface area contributed by atoms with Crippen molar-refractivity contribution in [1.29, 1.82) is 0 Å². The van der Waals surface area contributed by atoms with Gasteiger partial charge in [-0.05, 0) is 38.5 Å². The minimum atomic E-state index is -1.42. The zero-order valence-corrected chi connectivity index (χ0v) is 12.4. The second-order valence-electron chi connectivity index (χ2n) is 4.57. The second kappa shape index (κ2) is 5.98. The van der Waals surface area contributed by atoms with Crippen LogP contribution in [0.15, 0.2) is 33.1 Å². The Kier molecular flexibility index (Phi) is 5.16. The molecule has 0 aliphatic carbocycles. The van der Waals surface area contributed by atoms with Crippen LogP contribution < -0.4 is 0 Å². The highest BCUT2D eigenvalue weighted by Gasteiger charge is 2.26. The van der Waals surface area contributed by atoms with E-state index >= 15 is 0 Å². The van der Waals surface area contributed by atoms with E-state index in [0.717, 1.165) is 10.7 Å². The minimum absolute atomic E-state index is 0.465. The van der Waals surface area contributed by atoms with Gasteiger partial charge in [-0.25, -0.2) is 4.39 Å². The van der Waals surface area contributed by atoms with Gasteiger partial charge in [0.05, 0.1) is 6.21 Å². The predicted octanol–water partition coefficient (Wildman–Crippen LogP) is 3.99. The van der Waals surface area contributed by atoms with Gasteiger partial charge in [-0.1, -0.05) is 32.5 Å². The summed E-state index contributed by atoms with van der Waals surface area (Å²) in [6, 6.07) is 6.92. The lowest BCUT2D eigenvalue weighted by Gasteiger charge is -2.18. The first kappa shape index (κ1) is 14.7. The lowest BCUT2D eigenvalue weighted by Crippen LogP contribution is -2.26. The molecule has 94 valence electrons. The molecule has 0 amide bonds. The summed E-state index contributed by atoms with van der Waals surface area (Å²) in [5, 5.41) is 0. The summed E-state index contributed by atoms with van der Waals surface area (Å²) in [4.78, 5) is 0. The van der Waals surface area contributed by atoms with Crippen molar-refractivity contribution >= 4 is 33.5 Å². The SMILES string of the molecule is CC(C)(C)[S+]([O-])/N=C/C(F)c1cccc(Br)c1. The van der Waals surface area contributed by atoms with E-state index in [1.807, 2.05) is 6.07 Å². The Bertz CT molecular complexity index is 406. The van der Waals surface area contributed by atoms with Crippen molar-refractivity contribution in [2.75, 3.05) is 0 Å². The van der Waals surface area contributed by atoms with Crippen molar-refractivity contribution in [2.24, 2.45) is 4.40 Å². The van der Waals surface area contributed by atoms with Gasteiger partial charge in [-0.15, -0.1) is 0 Å². The highest BCUT2D eigenvalue weighted by Crippen LogP contribution is 2.22. The van der Waals surface area contributed by atoms with Crippen LogP contribution in [0.1, 0.15) is 32.5 Å². The van der Waals surface area contributed by atoms with Gasteiger partial charge in [0.2, 0.25) is 0 Å². The zero-order valence-electron chi connectivity index (χ0n) is 9.98. The van der Waals surface area contributed by atoms with E-state index in [4.69, 9.17) is 0 Å². The van der Waals surface area contributed by atoms with Gasteiger partial charge < -0.3 is 4.55 Å². The number of rotatable bonds is 3. The molecule has 2 unspecified atom stereocenters.